The lowest BCUT2D eigenvalue weighted by Crippen LogP contribution is -2.29. The highest BCUT2D eigenvalue weighted by atomic mass is 19.1. The Bertz CT molecular complexity index is 1310. The third-order valence-corrected chi connectivity index (χ3v) is 5.59. The number of allylic oxidation sites excluding steroid dienone is 5. The van der Waals surface area contributed by atoms with Crippen molar-refractivity contribution in [2.45, 2.75) is 20.0 Å². The molecule has 0 saturated heterocycles. The van der Waals surface area contributed by atoms with Gasteiger partial charge in [-0.25, -0.2) is 14.4 Å². The summed E-state index contributed by atoms with van der Waals surface area (Å²) in [6.45, 7) is 9.39. The van der Waals surface area contributed by atoms with E-state index in [0.29, 0.717) is 36.5 Å². The number of nitrogens with one attached hydrogen (secondary N) is 1. The zero-order valence-corrected chi connectivity index (χ0v) is 23.2. The van der Waals surface area contributed by atoms with Gasteiger partial charge >= 0.3 is 5.69 Å². The van der Waals surface area contributed by atoms with Gasteiger partial charge in [-0.1, -0.05) is 12.7 Å². The highest BCUT2D eigenvalue weighted by Gasteiger charge is 2.25. The zero-order valence-electron chi connectivity index (χ0n) is 23.2. The molecule has 0 saturated carbocycles. The number of halogens is 1. The molecule has 1 aliphatic heterocycles. The molecular weight excluding hydrogens is 503 g/mol. The maximum atomic E-state index is 14.2. The first kappa shape index (κ1) is 29.2. The largest absolute Gasteiger partial charge is 0.473 e. The van der Waals surface area contributed by atoms with Crippen LogP contribution in [0.4, 0.5) is 27.5 Å². The average Bonchev–Trinajstić information content (AvgIpc) is 2.91. The molecule has 0 atom stereocenters. The minimum atomic E-state index is -0.479. The molecule has 3 heterocycles. The SMILES string of the molecule is C=C1/C=C(F)\C=C/CN(C)C=C1c1ccnc(Nc2cc([N+](=O)[O-])c(N(C)CCN(C)C)nc2OC(C)C)n1. The van der Waals surface area contributed by atoms with Gasteiger partial charge < -0.3 is 24.8 Å². The van der Waals surface area contributed by atoms with Crippen LogP contribution in [0.2, 0.25) is 0 Å². The van der Waals surface area contributed by atoms with Crippen LogP contribution >= 0.6 is 0 Å². The number of pyridine rings is 1. The molecule has 11 nitrogen and oxygen atoms in total. The Morgan fingerprint density at radius 2 is 2.03 bits per heavy atom. The van der Waals surface area contributed by atoms with Crippen molar-refractivity contribution in [1.82, 2.24) is 24.8 Å². The first-order chi connectivity index (χ1) is 18.4. The first-order valence-corrected chi connectivity index (χ1v) is 12.4. The number of likely N-dealkylation sites (N-methyl/N-ethyl adjacent to an activating group) is 3. The van der Waals surface area contributed by atoms with Crippen LogP contribution < -0.4 is 15.0 Å². The van der Waals surface area contributed by atoms with Gasteiger partial charge in [0.1, 0.15) is 11.5 Å². The predicted octanol–water partition coefficient (Wildman–Crippen LogP) is 4.56. The highest BCUT2D eigenvalue weighted by Crippen LogP contribution is 2.36. The molecule has 0 aliphatic carbocycles. The summed E-state index contributed by atoms with van der Waals surface area (Å²) in [5.41, 5.74) is 1.58. The maximum absolute atomic E-state index is 14.2. The smallest absolute Gasteiger partial charge is 0.313 e. The van der Waals surface area contributed by atoms with E-state index in [9.17, 15) is 14.5 Å². The van der Waals surface area contributed by atoms with Crippen molar-refractivity contribution >= 4 is 28.7 Å². The van der Waals surface area contributed by atoms with Gasteiger partial charge in [0, 0.05) is 57.8 Å². The molecule has 12 heteroatoms. The molecule has 1 N–H and O–H groups in total. The van der Waals surface area contributed by atoms with Crippen LogP contribution in [0.3, 0.4) is 0 Å². The van der Waals surface area contributed by atoms with E-state index in [-0.39, 0.29) is 35.1 Å². The Kier molecular flexibility index (Phi) is 9.72. The molecule has 0 aromatic carbocycles. The second kappa shape index (κ2) is 13.0. The van der Waals surface area contributed by atoms with Crippen molar-refractivity contribution in [2.75, 3.05) is 58.0 Å². The fourth-order valence-electron chi connectivity index (χ4n) is 3.65. The van der Waals surface area contributed by atoms with Crippen molar-refractivity contribution < 1.29 is 14.1 Å². The van der Waals surface area contributed by atoms with Crippen LogP contribution in [-0.2, 0) is 0 Å². The minimum Gasteiger partial charge on any atom is -0.473 e. The monoisotopic (exact) mass is 538 g/mol. The number of anilines is 3. The molecule has 2 aromatic rings. The molecule has 2 aromatic heterocycles. The van der Waals surface area contributed by atoms with Crippen LogP contribution in [0.1, 0.15) is 19.5 Å². The van der Waals surface area contributed by atoms with E-state index in [2.05, 4.69) is 26.8 Å². The van der Waals surface area contributed by atoms with Crippen LogP contribution in [0.15, 0.2) is 60.7 Å². The van der Waals surface area contributed by atoms with E-state index >= 15 is 0 Å². The average molecular weight is 539 g/mol. The van der Waals surface area contributed by atoms with E-state index in [4.69, 9.17) is 4.74 Å². The van der Waals surface area contributed by atoms with E-state index in [0.717, 1.165) is 0 Å². The standard InChI is InChI=1S/C27H35FN8O3/c1-18(2)39-26-23(16-24(36(37)38)25(32-26)35(7)14-13-33(4)5)31-27-29-11-10-22(30-27)21-17-34(6)12-8-9-20(28)15-19(21)3/h8-11,15-18H,3,12-14H2,1-2,4-7H3,(H,29,30,31)/b9-8-,20-15+,21-17?. The first-order valence-electron chi connectivity index (χ1n) is 12.4. The van der Waals surface area contributed by atoms with Crippen LogP contribution in [0, 0.1) is 10.1 Å². The van der Waals surface area contributed by atoms with E-state index in [1.54, 1.807) is 24.1 Å². The van der Waals surface area contributed by atoms with Gasteiger partial charge in [0.25, 0.3) is 0 Å². The van der Waals surface area contributed by atoms with Gasteiger partial charge in [-0.15, -0.1) is 0 Å². The summed E-state index contributed by atoms with van der Waals surface area (Å²) in [6.07, 6.45) is 7.56. The molecule has 0 unspecified atom stereocenters. The molecule has 1 aliphatic rings. The molecule has 0 radical (unpaired) electrons. The Labute approximate surface area is 228 Å². The quantitative estimate of drug-likeness (QED) is 0.341. The topological polar surface area (TPSA) is 113 Å². The van der Waals surface area contributed by atoms with E-state index < -0.39 is 10.8 Å². The number of nitro groups is 1. The second-order valence-corrected chi connectivity index (χ2v) is 9.66. The third-order valence-electron chi connectivity index (χ3n) is 5.59. The molecule has 3 rings (SSSR count). The number of hydrogen-bond acceptors (Lipinski definition) is 10. The Balaban J connectivity index is 2.03. The molecular formula is C27H35FN8O3. The third kappa shape index (κ3) is 8.08. The summed E-state index contributed by atoms with van der Waals surface area (Å²) in [7, 11) is 7.46. The normalized spacial score (nSPS) is 16.1. The summed E-state index contributed by atoms with van der Waals surface area (Å²) in [4.78, 5) is 30.5. The molecule has 39 heavy (non-hydrogen) atoms. The number of ether oxygens (including phenoxy) is 1. The summed E-state index contributed by atoms with van der Waals surface area (Å²) in [5, 5.41) is 15.0. The molecule has 0 fully saturated rings. The fourth-order valence-corrected chi connectivity index (χ4v) is 3.65. The van der Waals surface area contributed by atoms with Gasteiger partial charge in [-0.2, -0.15) is 4.98 Å². The summed E-state index contributed by atoms with van der Waals surface area (Å²) < 4.78 is 20.1. The number of aromatic nitrogens is 3. The van der Waals surface area contributed by atoms with Gasteiger partial charge in [0.15, 0.2) is 0 Å². The van der Waals surface area contributed by atoms with Gasteiger partial charge in [-0.3, -0.25) is 10.1 Å². The number of rotatable bonds is 10. The van der Waals surface area contributed by atoms with Gasteiger partial charge in [0.2, 0.25) is 17.6 Å². The molecule has 0 spiro atoms. The lowest BCUT2D eigenvalue weighted by Gasteiger charge is -2.22. The Hall–Kier alpha value is -4.32. The molecule has 0 bridgehead atoms. The predicted molar refractivity (Wildman–Crippen MR) is 152 cm³/mol. The van der Waals surface area contributed by atoms with Crippen molar-refractivity contribution in [2.24, 2.45) is 0 Å². The van der Waals surface area contributed by atoms with Crippen molar-refractivity contribution in [3.05, 3.63) is 76.5 Å². The molecule has 0 amide bonds. The zero-order chi connectivity index (χ0) is 28.7. The van der Waals surface area contributed by atoms with Crippen molar-refractivity contribution in [3.63, 3.8) is 0 Å². The number of hydrogen-bond donors (Lipinski definition) is 1. The summed E-state index contributed by atoms with van der Waals surface area (Å²) in [5.74, 6) is 0.108. The van der Waals surface area contributed by atoms with Crippen molar-refractivity contribution in [3.8, 4) is 5.88 Å². The van der Waals surface area contributed by atoms with Gasteiger partial charge in [0.05, 0.1) is 16.7 Å². The Morgan fingerprint density at radius 1 is 1.28 bits per heavy atom. The summed E-state index contributed by atoms with van der Waals surface area (Å²) in [6, 6.07) is 3.06. The second-order valence-electron chi connectivity index (χ2n) is 9.66. The van der Waals surface area contributed by atoms with Crippen molar-refractivity contribution in [1.29, 1.82) is 0 Å². The maximum Gasteiger partial charge on any atom is 0.313 e. The lowest BCUT2D eigenvalue weighted by molar-refractivity contribution is -0.384. The van der Waals surface area contributed by atoms with Crippen LogP contribution in [0.5, 0.6) is 5.88 Å². The van der Waals surface area contributed by atoms with Crippen LogP contribution in [-0.4, -0.2) is 83.6 Å². The highest BCUT2D eigenvalue weighted by molar-refractivity contribution is 5.80. The Morgan fingerprint density at radius 3 is 2.69 bits per heavy atom. The number of nitrogens with zero attached hydrogens (tertiary/aromatic N) is 7. The molecule has 208 valence electrons. The minimum absolute atomic E-state index is 0.157. The lowest BCUT2D eigenvalue weighted by atomic mass is 10.0. The van der Waals surface area contributed by atoms with E-state index in [1.165, 1.54) is 24.4 Å². The fraction of sp³-hybridized carbons (Fsp3) is 0.370. The van der Waals surface area contributed by atoms with Crippen LogP contribution in [0.25, 0.3) is 5.57 Å². The summed E-state index contributed by atoms with van der Waals surface area (Å²) >= 11 is 0. The van der Waals surface area contributed by atoms with Gasteiger partial charge in [-0.05, 0) is 51.7 Å². The van der Waals surface area contributed by atoms with E-state index in [1.807, 2.05) is 51.0 Å².